The summed E-state index contributed by atoms with van der Waals surface area (Å²) in [5.74, 6) is 0.591. The summed E-state index contributed by atoms with van der Waals surface area (Å²) >= 11 is 0. The van der Waals surface area contributed by atoms with Crippen molar-refractivity contribution < 1.29 is 17.6 Å². The summed E-state index contributed by atoms with van der Waals surface area (Å²) in [6, 6.07) is 9.86. The molecule has 0 unspecified atom stereocenters. The number of aryl methyl sites for hydroxylation is 3. The summed E-state index contributed by atoms with van der Waals surface area (Å²) < 4.78 is 38.2. The van der Waals surface area contributed by atoms with E-state index in [-0.39, 0.29) is 10.6 Å². The summed E-state index contributed by atoms with van der Waals surface area (Å²) in [6.45, 7) is 5.32. The van der Waals surface area contributed by atoms with Crippen molar-refractivity contribution in [1.29, 1.82) is 0 Å². The zero-order chi connectivity index (χ0) is 19.1. The second-order valence-corrected chi connectivity index (χ2v) is 7.76. The average molecular weight is 373 g/mol. The molecule has 6 nitrogen and oxygen atoms in total. The van der Waals surface area contributed by atoms with Gasteiger partial charge in [0, 0.05) is 10.9 Å². The lowest BCUT2D eigenvalue weighted by atomic mass is 10.1. The molecule has 0 spiro atoms. The van der Waals surface area contributed by atoms with E-state index in [0.717, 1.165) is 5.56 Å². The lowest BCUT2D eigenvalue weighted by molar-refractivity contribution is 0.410. The van der Waals surface area contributed by atoms with Crippen molar-refractivity contribution in [3.8, 4) is 5.75 Å². The van der Waals surface area contributed by atoms with Crippen LogP contribution in [0.1, 0.15) is 16.7 Å². The molecular formula is C19H19NO5S. The van der Waals surface area contributed by atoms with E-state index >= 15 is 0 Å². The monoisotopic (exact) mass is 373 g/mol. The van der Waals surface area contributed by atoms with E-state index in [4.69, 9.17) is 9.15 Å². The number of fused-ring (bicyclic) bond motifs is 1. The number of hydrogen-bond acceptors (Lipinski definition) is 5. The molecule has 0 radical (unpaired) electrons. The quantitative estimate of drug-likeness (QED) is 0.707. The van der Waals surface area contributed by atoms with E-state index in [2.05, 4.69) is 4.72 Å². The number of methoxy groups -OCH3 is 1. The summed E-state index contributed by atoms with van der Waals surface area (Å²) in [5, 5.41) is 0.643. The molecule has 0 saturated carbocycles. The smallest absolute Gasteiger partial charge is 0.361 e. The van der Waals surface area contributed by atoms with Gasteiger partial charge >= 0.3 is 5.63 Å². The van der Waals surface area contributed by atoms with Crippen LogP contribution in [-0.4, -0.2) is 15.5 Å². The van der Waals surface area contributed by atoms with E-state index in [1.54, 1.807) is 38.1 Å². The van der Waals surface area contributed by atoms with Gasteiger partial charge in [0.2, 0.25) is 0 Å². The first kappa shape index (κ1) is 18.0. The lowest BCUT2D eigenvalue weighted by Gasteiger charge is -2.13. The fraction of sp³-hybridized carbons (Fsp3) is 0.211. The van der Waals surface area contributed by atoms with Gasteiger partial charge in [-0.1, -0.05) is 17.7 Å². The van der Waals surface area contributed by atoms with E-state index < -0.39 is 15.6 Å². The number of hydrogen-bond donors (Lipinski definition) is 1. The Labute approximate surface area is 151 Å². The predicted molar refractivity (Wildman–Crippen MR) is 100 cm³/mol. The number of ether oxygens (including phenoxy) is 1. The highest BCUT2D eigenvalue weighted by atomic mass is 32.2. The maximum absolute atomic E-state index is 12.6. The highest BCUT2D eigenvalue weighted by Gasteiger charge is 2.21. The average Bonchev–Trinajstić information content (AvgIpc) is 2.60. The Kier molecular flexibility index (Phi) is 4.50. The van der Waals surface area contributed by atoms with Crippen LogP contribution in [0.5, 0.6) is 5.75 Å². The summed E-state index contributed by atoms with van der Waals surface area (Å²) in [6.07, 6.45) is 0. The Hall–Kier alpha value is -2.80. The number of rotatable bonds is 4. The number of nitrogens with one attached hydrogen (secondary N) is 1. The molecule has 3 aromatic rings. The number of anilines is 1. The minimum atomic E-state index is -3.90. The molecular weight excluding hydrogens is 354 g/mol. The third kappa shape index (κ3) is 3.06. The van der Waals surface area contributed by atoms with Gasteiger partial charge in [-0.05, 0) is 50.6 Å². The molecule has 2 aromatic carbocycles. The lowest BCUT2D eigenvalue weighted by Crippen LogP contribution is -2.20. The minimum Gasteiger partial charge on any atom is -0.496 e. The standard InChI is InChI=1S/C19H19NO5S/c1-11-5-7-14(8-6-11)26(22,23)20-17-12(2)15-9-10-16(24-4)13(3)18(15)25-19(17)21/h5-10,20H,1-4H3. The van der Waals surface area contributed by atoms with Gasteiger partial charge in [0.05, 0.1) is 12.0 Å². The number of sulfonamides is 1. The summed E-state index contributed by atoms with van der Waals surface area (Å²) in [7, 11) is -2.37. The van der Waals surface area contributed by atoms with Crippen molar-refractivity contribution in [2.24, 2.45) is 0 Å². The van der Waals surface area contributed by atoms with Gasteiger partial charge in [0.25, 0.3) is 10.0 Å². The molecule has 26 heavy (non-hydrogen) atoms. The molecule has 0 aliphatic heterocycles. The third-order valence-electron chi connectivity index (χ3n) is 4.32. The molecule has 7 heteroatoms. The molecule has 0 aliphatic rings. The number of benzene rings is 2. The van der Waals surface area contributed by atoms with Crippen molar-refractivity contribution in [1.82, 2.24) is 0 Å². The van der Waals surface area contributed by atoms with Crippen LogP contribution in [0.25, 0.3) is 11.0 Å². The Morgan fingerprint density at radius 2 is 1.62 bits per heavy atom. The largest absolute Gasteiger partial charge is 0.496 e. The predicted octanol–water partition coefficient (Wildman–Crippen LogP) is 3.53. The molecule has 0 bridgehead atoms. The van der Waals surface area contributed by atoms with Gasteiger partial charge in [-0.25, -0.2) is 13.2 Å². The fourth-order valence-corrected chi connectivity index (χ4v) is 3.90. The molecule has 1 aromatic heterocycles. The van der Waals surface area contributed by atoms with Crippen LogP contribution in [0.2, 0.25) is 0 Å². The molecule has 0 fully saturated rings. The van der Waals surface area contributed by atoms with Crippen molar-refractivity contribution in [2.45, 2.75) is 25.7 Å². The van der Waals surface area contributed by atoms with E-state index in [1.165, 1.54) is 19.2 Å². The van der Waals surface area contributed by atoms with E-state index in [9.17, 15) is 13.2 Å². The van der Waals surface area contributed by atoms with Gasteiger partial charge in [0.15, 0.2) is 0 Å². The first-order valence-electron chi connectivity index (χ1n) is 7.95. The summed E-state index contributed by atoms with van der Waals surface area (Å²) in [5.41, 5.74) is 1.65. The van der Waals surface area contributed by atoms with Crippen molar-refractivity contribution in [3.63, 3.8) is 0 Å². The molecule has 0 aliphatic carbocycles. The van der Waals surface area contributed by atoms with Crippen molar-refractivity contribution in [2.75, 3.05) is 11.8 Å². The van der Waals surface area contributed by atoms with Crippen LogP contribution in [0.3, 0.4) is 0 Å². The first-order chi connectivity index (χ1) is 12.2. The maximum Gasteiger partial charge on any atom is 0.361 e. The van der Waals surface area contributed by atoms with Crippen LogP contribution in [-0.2, 0) is 10.0 Å². The van der Waals surface area contributed by atoms with Crippen molar-refractivity contribution >= 4 is 26.7 Å². The zero-order valence-electron chi connectivity index (χ0n) is 14.9. The Morgan fingerprint density at radius 3 is 2.23 bits per heavy atom. The van der Waals surface area contributed by atoms with Crippen molar-refractivity contribution in [3.05, 3.63) is 63.5 Å². The molecule has 0 saturated heterocycles. The van der Waals surface area contributed by atoms with Gasteiger partial charge in [-0.3, -0.25) is 4.72 Å². The Bertz CT molecular complexity index is 1150. The Morgan fingerprint density at radius 1 is 0.962 bits per heavy atom. The topological polar surface area (TPSA) is 85.6 Å². The van der Waals surface area contributed by atoms with E-state index in [1.807, 2.05) is 6.92 Å². The highest BCUT2D eigenvalue weighted by molar-refractivity contribution is 7.92. The second kappa shape index (κ2) is 6.49. The fourth-order valence-electron chi connectivity index (χ4n) is 2.78. The van der Waals surface area contributed by atoms with Gasteiger partial charge in [0.1, 0.15) is 17.0 Å². The van der Waals surface area contributed by atoms with Crippen LogP contribution in [0.15, 0.2) is 50.5 Å². The normalized spacial score (nSPS) is 11.5. The molecule has 3 rings (SSSR count). The molecule has 0 atom stereocenters. The highest BCUT2D eigenvalue weighted by Crippen LogP contribution is 2.31. The molecule has 136 valence electrons. The third-order valence-corrected chi connectivity index (χ3v) is 5.69. The van der Waals surface area contributed by atoms with Crippen LogP contribution in [0.4, 0.5) is 5.69 Å². The van der Waals surface area contributed by atoms with Crippen LogP contribution < -0.4 is 15.1 Å². The molecule has 0 amide bonds. The minimum absolute atomic E-state index is 0.0768. The molecule has 1 heterocycles. The van der Waals surface area contributed by atoms with Gasteiger partial charge in [-0.2, -0.15) is 0 Å². The SMILES string of the molecule is COc1ccc2c(C)c(NS(=O)(=O)c3ccc(C)cc3)c(=O)oc2c1C. The van der Waals surface area contributed by atoms with Crippen LogP contribution in [0, 0.1) is 20.8 Å². The molecule has 1 N–H and O–H groups in total. The first-order valence-corrected chi connectivity index (χ1v) is 9.43. The maximum atomic E-state index is 12.6. The second-order valence-electron chi connectivity index (χ2n) is 6.08. The van der Waals surface area contributed by atoms with Gasteiger partial charge in [-0.15, -0.1) is 0 Å². The van der Waals surface area contributed by atoms with Gasteiger partial charge < -0.3 is 9.15 Å². The zero-order valence-corrected chi connectivity index (χ0v) is 15.7. The van der Waals surface area contributed by atoms with Crippen LogP contribution >= 0.6 is 0 Å². The summed E-state index contributed by atoms with van der Waals surface area (Å²) in [4.78, 5) is 12.5. The Balaban J connectivity index is 2.14. The van der Waals surface area contributed by atoms with E-state index in [0.29, 0.717) is 27.8 Å².